The summed E-state index contributed by atoms with van der Waals surface area (Å²) in [5.41, 5.74) is -1.28. The third-order valence-electron chi connectivity index (χ3n) is 5.18. The van der Waals surface area contributed by atoms with Crippen LogP contribution in [0.3, 0.4) is 0 Å². The van der Waals surface area contributed by atoms with Crippen molar-refractivity contribution in [3.05, 3.63) is 11.8 Å². The predicted octanol–water partition coefficient (Wildman–Crippen LogP) is 5.48. The van der Waals surface area contributed by atoms with E-state index in [0.717, 1.165) is 44.6 Å². The molecule has 5 heteroatoms. The molecule has 0 radical (unpaired) electrons. The third-order valence-corrected chi connectivity index (χ3v) is 5.18. The number of carbonyl (C=O) groups is 1. The lowest BCUT2D eigenvalue weighted by Crippen LogP contribution is -2.33. The molecular formula is C17H25F3O2. The van der Waals surface area contributed by atoms with E-state index in [1.807, 2.05) is 0 Å². The van der Waals surface area contributed by atoms with E-state index in [1.165, 1.54) is 0 Å². The van der Waals surface area contributed by atoms with Crippen molar-refractivity contribution in [2.75, 3.05) is 0 Å². The standard InChI is InChI=1S/C17H25F3O2/c18-17(19,20)12-16(9-5-2-6-10-16)15(22)11-14(21)13-7-3-1-4-8-13/h11,13,22H,1-10,12H2. The summed E-state index contributed by atoms with van der Waals surface area (Å²) in [6.45, 7) is 0. The fourth-order valence-corrected chi connectivity index (χ4v) is 3.93. The van der Waals surface area contributed by atoms with Crippen LogP contribution in [0, 0.1) is 11.3 Å². The minimum Gasteiger partial charge on any atom is -0.512 e. The van der Waals surface area contributed by atoms with Crippen LogP contribution in [-0.2, 0) is 4.79 Å². The molecule has 2 rings (SSSR count). The Morgan fingerprint density at radius 1 is 1.05 bits per heavy atom. The summed E-state index contributed by atoms with van der Waals surface area (Å²) in [4.78, 5) is 12.2. The van der Waals surface area contributed by atoms with Gasteiger partial charge in [-0.1, -0.05) is 38.5 Å². The first-order valence-electron chi connectivity index (χ1n) is 8.34. The van der Waals surface area contributed by atoms with Crippen molar-refractivity contribution < 1.29 is 23.1 Å². The van der Waals surface area contributed by atoms with Crippen LogP contribution in [-0.4, -0.2) is 17.1 Å². The van der Waals surface area contributed by atoms with E-state index >= 15 is 0 Å². The van der Waals surface area contributed by atoms with Crippen molar-refractivity contribution in [3.8, 4) is 0 Å². The highest BCUT2D eigenvalue weighted by Crippen LogP contribution is 2.48. The van der Waals surface area contributed by atoms with Crippen LogP contribution in [0.2, 0.25) is 0 Å². The number of ketones is 1. The second-order valence-electron chi connectivity index (χ2n) is 6.90. The molecule has 0 heterocycles. The molecule has 0 saturated heterocycles. The molecule has 22 heavy (non-hydrogen) atoms. The minimum atomic E-state index is -4.33. The van der Waals surface area contributed by atoms with E-state index < -0.39 is 18.0 Å². The molecule has 0 aromatic rings. The normalized spacial score (nSPS) is 24.2. The van der Waals surface area contributed by atoms with E-state index in [-0.39, 0.29) is 17.5 Å². The summed E-state index contributed by atoms with van der Waals surface area (Å²) in [6, 6.07) is 0. The zero-order valence-electron chi connectivity index (χ0n) is 12.9. The van der Waals surface area contributed by atoms with E-state index in [2.05, 4.69) is 0 Å². The summed E-state index contributed by atoms with van der Waals surface area (Å²) in [5, 5.41) is 10.3. The van der Waals surface area contributed by atoms with Crippen LogP contribution in [0.5, 0.6) is 0 Å². The molecule has 126 valence electrons. The highest BCUT2D eigenvalue weighted by atomic mass is 19.4. The number of rotatable bonds is 4. The largest absolute Gasteiger partial charge is 0.512 e. The average molecular weight is 318 g/mol. The van der Waals surface area contributed by atoms with Gasteiger partial charge in [-0.2, -0.15) is 13.2 Å². The molecule has 2 saturated carbocycles. The van der Waals surface area contributed by atoms with Gasteiger partial charge in [0.05, 0.1) is 6.42 Å². The Balaban J connectivity index is 2.14. The zero-order valence-corrected chi connectivity index (χ0v) is 12.9. The van der Waals surface area contributed by atoms with Crippen LogP contribution < -0.4 is 0 Å². The van der Waals surface area contributed by atoms with Gasteiger partial charge in [0.2, 0.25) is 0 Å². The van der Waals surface area contributed by atoms with Crippen LogP contribution in [0.15, 0.2) is 11.8 Å². The van der Waals surface area contributed by atoms with Crippen molar-refractivity contribution in [2.45, 2.75) is 76.8 Å². The summed E-state index contributed by atoms with van der Waals surface area (Å²) in [7, 11) is 0. The SMILES string of the molecule is O=C(C=C(O)C1(CC(F)(F)F)CCCCC1)C1CCCCC1. The van der Waals surface area contributed by atoms with Gasteiger partial charge in [-0.05, 0) is 25.7 Å². The molecular weight excluding hydrogens is 293 g/mol. The topological polar surface area (TPSA) is 37.3 Å². The van der Waals surface area contributed by atoms with Gasteiger partial charge in [-0.25, -0.2) is 0 Å². The molecule has 0 atom stereocenters. The number of hydrogen-bond donors (Lipinski definition) is 1. The third kappa shape index (κ3) is 4.50. The number of halogens is 3. The van der Waals surface area contributed by atoms with Crippen LogP contribution >= 0.6 is 0 Å². The lowest BCUT2D eigenvalue weighted by atomic mass is 9.69. The number of aliphatic hydroxyl groups is 1. The molecule has 2 fully saturated rings. The van der Waals surface area contributed by atoms with Crippen molar-refractivity contribution in [3.63, 3.8) is 0 Å². The van der Waals surface area contributed by atoms with E-state index in [9.17, 15) is 23.1 Å². The smallest absolute Gasteiger partial charge is 0.390 e. The summed E-state index contributed by atoms with van der Waals surface area (Å²) < 4.78 is 38.7. The molecule has 0 aliphatic heterocycles. The fourth-order valence-electron chi connectivity index (χ4n) is 3.93. The molecule has 0 spiro atoms. The first-order valence-corrected chi connectivity index (χ1v) is 8.34. The second-order valence-corrected chi connectivity index (χ2v) is 6.90. The van der Waals surface area contributed by atoms with Crippen molar-refractivity contribution >= 4 is 5.78 Å². The van der Waals surface area contributed by atoms with Gasteiger partial charge < -0.3 is 5.11 Å². The van der Waals surface area contributed by atoms with Crippen molar-refractivity contribution in [1.82, 2.24) is 0 Å². The van der Waals surface area contributed by atoms with Gasteiger partial charge in [0.1, 0.15) is 5.76 Å². The van der Waals surface area contributed by atoms with Crippen molar-refractivity contribution in [1.29, 1.82) is 0 Å². The number of carbonyl (C=O) groups excluding carboxylic acids is 1. The fraction of sp³-hybridized carbons (Fsp3) is 0.824. The maximum atomic E-state index is 12.9. The Morgan fingerprint density at radius 2 is 1.59 bits per heavy atom. The summed E-state index contributed by atoms with van der Waals surface area (Å²) >= 11 is 0. The van der Waals surface area contributed by atoms with Gasteiger partial charge in [0.15, 0.2) is 5.78 Å². The molecule has 2 aliphatic carbocycles. The van der Waals surface area contributed by atoms with Crippen molar-refractivity contribution in [2.24, 2.45) is 11.3 Å². The minimum absolute atomic E-state index is 0.123. The van der Waals surface area contributed by atoms with E-state index in [0.29, 0.717) is 25.7 Å². The number of hydrogen-bond acceptors (Lipinski definition) is 2. The molecule has 2 aliphatic rings. The predicted molar refractivity (Wildman–Crippen MR) is 78.5 cm³/mol. The molecule has 2 nitrogen and oxygen atoms in total. The Kier molecular flexibility index (Phi) is 5.56. The Hall–Kier alpha value is -1.00. The van der Waals surface area contributed by atoms with Gasteiger partial charge in [0, 0.05) is 17.4 Å². The Bertz CT molecular complexity index is 414. The molecule has 1 N–H and O–H groups in total. The maximum absolute atomic E-state index is 12.9. The molecule has 0 aromatic carbocycles. The Labute approximate surface area is 129 Å². The average Bonchev–Trinajstić information content (AvgIpc) is 2.47. The molecule has 0 amide bonds. The lowest BCUT2D eigenvalue weighted by molar-refractivity contribution is -0.161. The van der Waals surface area contributed by atoms with Crippen LogP contribution in [0.25, 0.3) is 0 Å². The van der Waals surface area contributed by atoms with Crippen LogP contribution in [0.4, 0.5) is 13.2 Å². The molecule has 0 bridgehead atoms. The number of allylic oxidation sites excluding steroid dienone is 2. The highest BCUT2D eigenvalue weighted by Gasteiger charge is 2.46. The second kappa shape index (κ2) is 7.05. The summed E-state index contributed by atoms with van der Waals surface area (Å²) in [5.74, 6) is -0.646. The highest BCUT2D eigenvalue weighted by molar-refractivity contribution is 5.92. The first-order chi connectivity index (χ1) is 10.3. The van der Waals surface area contributed by atoms with E-state index in [4.69, 9.17) is 0 Å². The van der Waals surface area contributed by atoms with Gasteiger partial charge in [0.25, 0.3) is 0 Å². The molecule has 0 aromatic heterocycles. The first kappa shape index (κ1) is 17.4. The number of aliphatic hydroxyl groups excluding tert-OH is 1. The van der Waals surface area contributed by atoms with Gasteiger partial charge in [-0.3, -0.25) is 4.79 Å². The van der Waals surface area contributed by atoms with Crippen LogP contribution in [0.1, 0.15) is 70.6 Å². The lowest BCUT2D eigenvalue weighted by Gasteiger charge is -2.37. The van der Waals surface area contributed by atoms with E-state index in [1.54, 1.807) is 0 Å². The molecule has 0 unspecified atom stereocenters. The Morgan fingerprint density at radius 3 is 2.14 bits per heavy atom. The zero-order chi connectivity index (χ0) is 16.2. The summed E-state index contributed by atoms with van der Waals surface area (Å²) in [6.07, 6.45) is 3.28. The quantitative estimate of drug-likeness (QED) is 0.550. The maximum Gasteiger partial charge on any atom is 0.390 e. The van der Waals surface area contributed by atoms with Gasteiger partial charge >= 0.3 is 6.18 Å². The number of alkyl halides is 3. The van der Waals surface area contributed by atoms with Gasteiger partial charge in [-0.15, -0.1) is 0 Å². The monoisotopic (exact) mass is 318 g/mol.